The van der Waals surface area contributed by atoms with Crippen molar-refractivity contribution in [3.05, 3.63) is 35.4 Å². The molecule has 0 unspecified atom stereocenters. The van der Waals surface area contributed by atoms with Crippen LogP contribution >= 0.6 is 0 Å². The molecule has 2 atom stereocenters. The largest absolute Gasteiger partial charge is 0.298 e. The highest BCUT2D eigenvalue weighted by Crippen LogP contribution is 2.65. The summed E-state index contributed by atoms with van der Waals surface area (Å²) in [6.45, 7) is 6.70. The highest BCUT2D eigenvalue weighted by atomic mass is 16.1. The van der Waals surface area contributed by atoms with Crippen molar-refractivity contribution in [2.24, 2.45) is 16.7 Å². The van der Waals surface area contributed by atoms with Gasteiger partial charge in [-0.05, 0) is 65.7 Å². The summed E-state index contributed by atoms with van der Waals surface area (Å²) in [6.07, 6.45) is 4.33. The van der Waals surface area contributed by atoms with Crippen LogP contribution in [0.1, 0.15) is 39.2 Å². The van der Waals surface area contributed by atoms with E-state index < -0.39 is 0 Å². The van der Waals surface area contributed by atoms with Gasteiger partial charge in [0.15, 0.2) is 5.78 Å². The summed E-state index contributed by atoms with van der Waals surface area (Å²) >= 11 is 0. The summed E-state index contributed by atoms with van der Waals surface area (Å²) in [6, 6.07) is 8.61. The topological polar surface area (TPSA) is 17.1 Å². The van der Waals surface area contributed by atoms with E-state index in [9.17, 15) is 4.79 Å². The van der Waals surface area contributed by atoms with Gasteiger partial charge in [0.1, 0.15) is 5.69 Å². The summed E-state index contributed by atoms with van der Waals surface area (Å²) in [7, 11) is 6.49. The molecule has 1 aromatic carbocycles. The zero-order chi connectivity index (χ0) is 16.3. The number of ketones is 1. The van der Waals surface area contributed by atoms with Gasteiger partial charge in [0.25, 0.3) is 0 Å². The maximum atomic E-state index is 12.9. The number of benzene rings is 1. The number of carbonyl (C=O) groups is 1. The van der Waals surface area contributed by atoms with E-state index in [0.717, 1.165) is 28.5 Å². The number of carbonyl (C=O) groups excluding carboxylic acids is 1. The van der Waals surface area contributed by atoms with Crippen molar-refractivity contribution in [1.29, 1.82) is 0 Å². The third kappa shape index (κ3) is 2.00. The van der Waals surface area contributed by atoms with Gasteiger partial charge < -0.3 is 0 Å². The molecule has 2 bridgehead atoms. The molecule has 2 saturated carbocycles. The van der Waals surface area contributed by atoms with E-state index in [2.05, 4.69) is 72.3 Å². The minimum absolute atomic E-state index is 0.0954. The lowest BCUT2D eigenvalue weighted by molar-refractivity contribution is -0.125. The lowest BCUT2D eigenvalue weighted by Crippen LogP contribution is -2.34. The van der Waals surface area contributed by atoms with E-state index in [0.29, 0.717) is 11.7 Å². The third-order valence-corrected chi connectivity index (χ3v) is 6.35. The average molecular weight is 298 g/mol. The number of hydrogen-bond donors (Lipinski definition) is 0. The van der Waals surface area contributed by atoms with Crippen molar-refractivity contribution >= 4 is 17.5 Å². The van der Waals surface area contributed by atoms with Crippen LogP contribution in [0.5, 0.6) is 0 Å². The number of hydrogen-bond acceptors (Lipinski definition) is 1. The second kappa shape index (κ2) is 4.55. The van der Waals surface area contributed by atoms with Crippen molar-refractivity contribution in [2.45, 2.75) is 33.6 Å². The molecule has 118 valence electrons. The molecule has 0 amide bonds. The fourth-order valence-electron chi connectivity index (χ4n) is 4.29. The summed E-state index contributed by atoms with van der Waals surface area (Å²) in [4.78, 5) is 12.9. The van der Waals surface area contributed by atoms with Crippen LogP contribution in [-0.4, -0.2) is 26.9 Å². The van der Waals surface area contributed by atoms with Gasteiger partial charge in [0.2, 0.25) is 0 Å². The Bertz CT molecular complexity index is 645. The molecule has 0 aliphatic heterocycles. The lowest BCUT2D eigenvalue weighted by atomic mass is 9.70. The first kappa shape index (κ1) is 15.5. The summed E-state index contributed by atoms with van der Waals surface area (Å²) in [5.74, 6) is 0.799. The molecule has 0 spiro atoms. The number of quaternary nitrogens is 1. The van der Waals surface area contributed by atoms with Gasteiger partial charge in [0, 0.05) is 5.41 Å². The van der Waals surface area contributed by atoms with Crippen LogP contribution < -0.4 is 4.48 Å². The minimum Gasteiger partial charge on any atom is -0.298 e. The highest BCUT2D eigenvalue weighted by molar-refractivity contribution is 6.07. The molecule has 0 radical (unpaired) electrons. The quantitative estimate of drug-likeness (QED) is 0.588. The van der Waals surface area contributed by atoms with Crippen LogP contribution in [-0.2, 0) is 4.79 Å². The van der Waals surface area contributed by atoms with Crippen LogP contribution in [0.4, 0.5) is 5.69 Å². The van der Waals surface area contributed by atoms with Gasteiger partial charge in [-0.15, -0.1) is 0 Å². The molecule has 2 aliphatic carbocycles. The highest BCUT2D eigenvalue weighted by Gasteiger charge is 2.63. The predicted octanol–water partition coefficient (Wildman–Crippen LogP) is 4.29. The maximum Gasteiger partial charge on any atom is 0.165 e. The van der Waals surface area contributed by atoms with E-state index >= 15 is 0 Å². The number of Topliss-reactive ketones (excluding diaryl/α,β-unsaturated/α-hetero) is 1. The van der Waals surface area contributed by atoms with Crippen LogP contribution in [0.3, 0.4) is 0 Å². The van der Waals surface area contributed by atoms with Crippen molar-refractivity contribution < 1.29 is 4.79 Å². The van der Waals surface area contributed by atoms with Gasteiger partial charge in [-0.3, -0.25) is 9.28 Å². The number of fused-ring (bicyclic) bond motifs is 2. The molecular formula is C20H28NO+. The molecule has 0 saturated heterocycles. The van der Waals surface area contributed by atoms with E-state index in [1.165, 1.54) is 5.69 Å². The van der Waals surface area contributed by atoms with Crippen molar-refractivity contribution in [1.82, 2.24) is 4.48 Å². The van der Waals surface area contributed by atoms with E-state index in [-0.39, 0.29) is 10.8 Å². The number of nitrogens with zero attached hydrogens (tertiary/aromatic N) is 1. The molecule has 3 rings (SSSR count). The molecule has 0 aromatic heterocycles. The van der Waals surface area contributed by atoms with E-state index in [1.54, 1.807) is 0 Å². The Kier molecular flexibility index (Phi) is 3.20. The van der Waals surface area contributed by atoms with Crippen LogP contribution in [0.2, 0.25) is 0 Å². The Labute approximate surface area is 134 Å². The Morgan fingerprint density at radius 3 is 2.14 bits per heavy atom. The van der Waals surface area contributed by atoms with E-state index in [1.807, 2.05) is 0 Å². The van der Waals surface area contributed by atoms with Crippen molar-refractivity contribution in [3.8, 4) is 0 Å². The fraction of sp³-hybridized carbons (Fsp3) is 0.550. The Balaban J connectivity index is 1.96. The van der Waals surface area contributed by atoms with Gasteiger partial charge in [-0.2, -0.15) is 0 Å². The maximum absolute atomic E-state index is 12.9. The van der Waals surface area contributed by atoms with Crippen molar-refractivity contribution in [2.75, 3.05) is 21.1 Å². The first-order valence-corrected chi connectivity index (χ1v) is 8.26. The van der Waals surface area contributed by atoms with E-state index in [4.69, 9.17) is 0 Å². The van der Waals surface area contributed by atoms with Gasteiger partial charge in [-0.25, -0.2) is 0 Å². The SMILES string of the molecule is CC1(C)[C@@H]2CC[C@@]1(C)C(=O)/C2=C/c1ccc([N+](C)(C)C)cc1. The first-order chi connectivity index (χ1) is 10.1. The zero-order valence-corrected chi connectivity index (χ0v) is 14.7. The first-order valence-electron chi connectivity index (χ1n) is 8.26. The summed E-state index contributed by atoms with van der Waals surface area (Å²) < 4.78 is 0.809. The molecule has 0 N–H and O–H groups in total. The average Bonchev–Trinajstić information content (AvgIpc) is 2.73. The Morgan fingerprint density at radius 1 is 1.09 bits per heavy atom. The Hall–Kier alpha value is -1.41. The van der Waals surface area contributed by atoms with Crippen molar-refractivity contribution in [3.63, 3.8) is 0 Å². The predicted molar refractivity (Wildman–Crippen MR) is 93.6 cm³/mol. The molecular weight excluding hydrogens is 270 g/mol. The Morgan fingerprint density at radius 2 is 1.68 bits per heavy atom. The molecule has 2 fully saturated rings. The fourth-order valence-corrected chi connectivity index (χ4v) is 4.29. The second-order valence-corrected chi connectivity index (χ2v) is 8.68. The zero-order valence-electron chi connectivity index (χ0n) is 14.7. The minimum atomic E-state index is -0.161. The molecule has 1 aromatic rings. The monoisotopic (exact) mass is 298 g/mol. The van der Waals surface area contributed by atoms with Crippen LogP contribution in [0, 0.1) is 16.7 Å². The second-order valence-electron chi connectivity index (χ2n) is 8.68. The number of rotatable bonds is 2. The lowest BCUT2D eigenvalue weighted by Gasteiger charge is -2.31. The van der Waals surface area contributed by atoms with Crippen LogP contribution in [0.15, 0.2) is 29.8 Å². The molecule has 2 nitrogen and oxygen atoms in total. The standard InChI is InChI=1S/C20H28NO/c1-19(2)17-11-12-20(19,3)18(22)16(17)13-14-7-9-15(10-8-14)21(4,5)6/h7-10,13,17H,11-12H2,1-6H3/q+1/b16-13+/t17-,20+/m1/s1. The van der Waals surface area contributed by atoms with Gasteiger partial charge in [0.05, 0.1) is 21.1 Å². The summed E-state index contributed by atoms with van der Waals surface area (Å²) in [5.41, 5.74) is 3.40. The molecule has 2 heteroatoms. The number of allylic oxidation sites excluding steroid dienone is 1. The molecule has 2 aliphatic rings. The molecule has 0 heterocycles. The van der Waals surface area contributed by atoms with Gasteiger partial charge in [-0.1, -0.05) is 20.8 Å². The third-order valence-electron chi connectivity index (χ3n) is 6.35. The summed E-state index contributed by atoms with van der Waals surface area (Å²) in [5, 5.41) is 0. The van der Waals surface area contributed by atoms with Crippen LogP contribution in [0.25, 0.3) is 6.08 Å². The van der Waals surface area contributed by atoms with Gasteiger partial charge >= 0.3 is 0 Å². The normalized spacial score (nSPS) is 32.0. The molecule has 22 heavy (non-hydrogen) atoms. The smallest absolute Gasteiger partial charge is 0.165 e.